The van der Waals surface area contributed by atoms with Crippen LogP contribution in [0.3, 0.4) is 0 Å². The van der Waals surface area contributed by atoms with E-state index < -0.39 is 15.6 Å². The molecule has 0 radical (unpaired) electrons. The second-order valence-electron chi connectivity index (χ2n) is 5.10. The molecule has 0 fully saturated rings. The molecule has 0 N–H and O–H groups in total. The van der Waals surface area contributed by atoms with Crippen molar-refractivity contribution in [2.45, 2.75) is 5.51 Å². The number of nitrogens with zero attached hydrogens (tertiary/aromatic N) is 1. The lowest BCUT2D eigenvalue weighted by Crippen LogP contribution is -2.31. The Bertz CT molecular complexity index is 971. The Kier molecular flexibility index (Phi) is 5.44. The number of aromatic nitrogens is 1. The molecule has 0 unspecified atom stereocenters. The summed E-state index contributed by atoms with van der Waals surface area (Å²) < 4.78 is 61.1. The molecule has 4 nitrogen and oxygen atoms in total. The average molecular weight is 369 g/mol. The first kappa shape index (κ1) is 18.9. The zero-order valence-corrected chi connectivity index (χ0v) is 13.9. The largest absolute Gasteiger partial charge is 0.741 e. The Balaban J connectivity index is 0.000000242. The quantitative estimate of drug-likeness (QED) is 0.375. The molecule has 1 heterocycles. The summed E-state index contributed by atoms with van der Waals surface area (Å²) in [5, 5.41) is 1.27. The lowest BCUT2D eigenvalue weighted by molar-refractivity contribution is -0.633. The lowest BCUT2D eigenvalue weighted by Gasteiger charge is -2.08. The predicted molar refractivity (Wildman–Crippen MR) is 86.3 cm³/mol. The molecule has 2 aromatic carbocycles. The Hall–Kier alpha value is -2.45. The van der Waals surface area contributed by atoms with Crippen LogP contribution < -0.4 is 4.57 Å². The number of fused-ring (bicyclic) bond motifs is 1. The van der Waals surface area contributed by atoms with Crippen molar-refractivity contribution in [3.05, 3.63) is 66.7 Å². The standard InChI is InChI=1S/C16H14N.CHF3O3S/c1-17-15-10-6-5-9-14(15)11-12-16(17)13-7-3-2-4-8-13;2-1(3,4)8(5,6)7/h2-12H,1H3;(H,5,6,7)/q+1;/p-1. The van der Waals surface area contributed by atoms with Gasteiger partial charge < -0.3 is 4.55 Å². The summed E-state index contributed by atoms with van der Waals surface area (Å²) in [7, 11) is -3.97. The highest BCUT2D eigenvalue weighted by molar-refractivity contribution is 7.86. The Morgan fingerprint density at radius 3 is 1.96 bits per heavy atom. The topological polar surface area (TPSA) is 61.1 Å². The summed E-state index contributed by atoms with van der Waals surface area (Å²) >= 11 is 0. The summed E-state index contributed by atoms with van der Waals surface area (Å²) in [6.07, 6.45) is 0. The van der Waals surface area contributed by atoms with Gasteiger partial charge >= 0.3 is 5.51 Å². The maximum absolute atomic E-state index is 10.7. The molecule has 0 saturated carbocycles. The zero-order chi connectivity index (χ0) is 18.7. The van der Waals surface area contributed by atoms with Gasteiger partial charge in [-0.05, 0) is 24.3 Å². The van der Waals surface area contributed by atoms with Crippen molar-refractivity contribution in [1.82, 2.24) is 0 Å². The molecule has 0 spiro atoms. The van der Waals surface area contributed by atoms with Gasteiger partial charge in [-0.2, -0.15) is 17.7 Å². The van der Waals surface area contributed by atoms with Gasteiger partial charge in [0.1, 0.15) is 7.05 Å². The lowest BCUT2D eigenvalue weighted by atomic mass is 10.1. The molecule has 25 heavy (non-hydrogen) atoms. The van der Waals surface area contributed by atoms with Gasteiger partial charge in [-0.1, -0.05) is 30.3 Å². The van der Waals surface area contributed by atoms with Gasteiger partial charge in [-0.15, -0.1) is 0 Å². The fraction of sp³-hybridized carbons (Fsp3) is 0.118. The van der Waals surface area contributed by atoms with Crippen molar-refractivity contribution in [2.24, 2.45) is 7.05 Å². The van der Waals surface area contributed by atoms with Gasteiger partial charge in [0.25, 0.3) is 0 Å². The van der Waals surface area contributed by atoms with E-state index in [4.69, 9.17) is 13.0 Å². The van der Waals surface area contributed by atoms with E-state index in [-0.39, 0.29) is 0 Å². The highest BCUT2D eigenvalue weighted by Crippen LogP contribution is 2.20. The monoisotopic (exact) mass is 369 g/mol. The molecule has 0 atom stereocenters. The van der Waals surface area contributed by atoms with Crippen LogP contribution in [0.15, 0.2) is 66.7 Å². The summed E-state index contributed by atoms with van der Waals surface area (Å²) in [6, 6.07) is 23.3. The molecule has 0 amide bonds. The van der Waals surface area contributed by atoms with Crippen LogP contribution in [0.4, 0.5) is 13.2 Å². The third kappa shape index (κ3) is 4.55. The van der Waals surface area contributed by atoms with E-state index >= 15 is 0 Å². The fourth-order valence-corrected chi connectivity index (χ4v) is 2.24. The molecule has 0 saturated heterocycles. The molecular formula is C17H14F3NO3S. The molecule has 0 bridgehead atoms. The molecule has 8 heteroatoms. The molecule has 3 rings (SSSR count). The van der Waals surface area contributed by atoms with Crippen molar-refractivity contribution < 1.29 is 30.7 Å². The van der Waals surface area contributed by atoms with Gasteiger partial charge in [0.05, 0.1) is 0 Å². The summed E-state index contributed by atoms with van der Waals surface area (Å²) in [5.74, 6) is 0. The van der Waals surface area contributed by atoms with Crippen LogP contribution in [0, 0.1) is 0 Å². The van der Waals surface area contributed by atoms with E-state index in [0.29, 0.717) is 0 Å². The van der Waals surface area contributed by atoms with Crippen molar-refractivity contribution in [2.75, 3.05) is 0 Å². The zero-order valence-electron chi connectivity index (χ0n) is 13.1. The summed E-state index contributed by atoms with van der Waals surface area (Å²) in [5.41, 5.74) is -1.90. The first-order valence-corrected chi connectivity index (χ1v) is 8.47. The van der Waals surface area contributed by atoms with E-state index in [0.717, 1.165) is 0 Å². The van der Waals surface area contributed by atoms with Gasteiger partial charge in [-0.3, -0.25) is 0 Å². The first-order valence-electron chi connectivity index (χ1n) is 7.06. The number of alkyl halides is 3. The maximum Gasteiger partial charge on any atom is 0.485 e. The van der Waals surface area contributed by atoms with Crippen LogP contribution >= 0.6 is 0 Å². The SMILES string of the molecule is C[n+]1c(-c2ccccc2)ccc2ccccc21.O=S(=O)([O-])C(F)(F)F. The molecule has 132 valence electrons. The minimum absolute atomic E-state index is 1.24. The smallest absolute Gasteiger partial charge is 0.485 e. The number of rotatable bonds is 1. The molecule has 0 aliphatic carbocycles. The number of aryl methyl sites for hydroxylation is 1. The summed E-state index contributed by atoms with van der Waals surface area (Å²) in [6.45, 7) is 0. The minimum atomic E-state index is -6.09. The second-order valence-corrected chi connectivity index (χ2v) is 6.47. The normalized spacial score (nSPS) is 11.7. The highest BCUT2D eigenvalue weighted by atomic mass is 32.2. The third-order valence-corrected chi connectivity index (χ3v) is 4.00. The van der Waals surface area contributed by atoms with E-state index in [1.54, 1.807) is 0 Å². The molecular weight excluding hydrogens is 355 g/mol. The second kappa shape index (κ2) is 7.20. The van der Waals surface area contributed by atoms with Gasteiger partial charge in [0.15, 0.2) is 10.1 Å². The van der Waals surface area contributed by atoms with E-state index in [2.05, 4.69) is 72.3 Å². The Morgan fingerprint density at radius 2 is 1.40 bits per heavy atom. The van der Waals surface area contributed by atoms with Crippen LogP contribution in [0.1, 0.15) is 0 Å². The maximum atomic E-state index is 10.7. The Labute approximate surface area is 142 Å². The molecule has 0 aliphatic heterocycles. The Morgan fingerprint density at radius 1 is 0.880 bits per heavy atom. The van der Waals surface area contributed by atoms with Gasteiger partial charge in [-0.25, -0.2) is 8.42 Å². The van der Waals surface area contributed by atoms with Crippen molar-refractivity contribution >= 4 is 21.0 Å². The number of benzene rings is 2. The highest BCUT2D eigenvalue weighted by Gasteiger charge is 2.36. The van der Waals surface area contributed by atoms with Crippen LogP contribution in [-0.4, -0.2) is 18.5 Å². The van der Waals surface area contributed by atoms with Crippen LogP contribution in [0.25, 0.3) is 22.2 Å². The van der Waals surface area contributed by atoms with Crippen molar-refractivity contribution in [3.63, 3.8) is 0 Å². The van der Waals surface area contributed by atoms with E-state index in [1.807, 2.05) is 6.07 Å². The van der Waals surface area contributed by atoms with Gasteiger partial charge in [0, 0.05) is 23.1 Å². The van der Waals surface area contributed by atoms with Crippen molar-refractivity contribution in [3.8, 4) is 11.3 Å². The number of halogens is 3. The number of pyridine rings is 1. The van der Waals surface area contributed by atoms with Crippen LogP contribution in [0.5, 0.6) is 0 Å². The number of hydrogen-bond donors (Lipinski definition) is 0. The third-order valence-electron chi connectivity index (χ3n) is 3.43. The predicted octanol–water partition coefficient (Wildman–Crippen LogP) is 3.38. The molecule has 0 aliphatic rings. The molecule has 3 aromatic rings. The van der Waals surface area contributed by atoms with Crippen molar-refractivity contribution in [1.29, 1.82) is 0 Å². The van der Waals surface area contributed by atoms with E-state index in [1.165, 1.54) is 22.2 Å². The van der Waals surface area contributed by atoms with E-state index in [9.17, 15) is 13.2 Å². The number of hydrogen-bond acceptors (Lipinski definition) is 3. The molecule has 1 aromatic heterocycles. The summed E-state index contributed by atoms with van der Waals surface area (Å²) in [4.78, 5) is 0. The van der Waals surface area contributed by atoms with Crippen LogP contribution in [-0.2, 0) is 17.2 Å². The first-order chi connectivity index (χ1) is 11.6. The van der Waals surface area contributed by atoms with Crippen LogP contribution in [0.2, 0.25) is 0 Å². The van der Waals surface area contributed by atoms with Gasteiger partial charge in [0.2, 0.25) is 11.2 Å². The minimum Gasteiger partial charge on any atom is -0.741 e. The average Bonchev–Trinajstić information content (AvgIpc) is 2.55. The fourth-order valence-electron chi connectivity index (χ4n) is 2.24. The number of para-hydroxylation sites is 1.